The first-order valence-corrected chi connectivity index (χ1v) is 10.9. The van der Waals surface area contributed by atoms with Crippen LogP contribution in [0.5, 0.6) is 0 Å². The zero-order valence-electron chi connectivity index (χ0n) is 17.0. The van der Waals surface area contributed by atoms with E-state index in [1.165, 1.54) is 49.7 Å². The van der Waals surface area contributed by atoms with Crippen molar-refractivity contribution in [2.45, 2.75) is 76.9 Å². The van der Waals surface area contributed by atoms with Crippen LogP contribution in [-0.2, 0) is 42.2 Å². The minimum absolute atomic E-state index is 0. The van der Waals surface area contributed by atoms with E-state index in [2.05, 4.69) is 32.0 Å². The largest absolute Gasteiger partial charge is 0.348 e. The first-order valence-electron chi connectivity index (χ1n) is 10.9. The Bertz CT molecular complexity index is 646. The van der Waals surface area contributed by atoms with Gasteiger partial charge in [0.25, 0.3) is 0 Å². The summed E-state index contributed by atoms with van der Waals surface area (Å²) in [7, 11) is 0. The van der Waals surface area contributed by atoms with Crippen molar-refractivity contribution in [3.63, 3.8) is 0 Å². The van der Waals surface area contributed by atoms with Crippen LogP contribution in [0, 0.1) is 43.6 Å². The van der Waals surface area contributed by atoms with Crippen molar-refractivity contribution in [3.05, 3.63) is 34.9 Å². The Labute approximate surface area is 190 Å². The van der Waals surface area contributed by atoms with Crippen LogP contribution in [-0.4, -0.2) is 19.0 Å². The summed E-state index contributed by atoms with van der Waals surface area (Å²) in [6.45, 7) is 5.99. The van der Waals surface area contributed by atoms with Crippen molar-refractivity contribution in [1.82, 2.24) is 0 Å². The van der Waals surface area contributed by atoms with Crippen LogP contribution in [0.3, 0.4) is 0 Å². The van der Waals surface area contributed by atoms with Crippen molar-refractivity contribution < 1.29 is 42.2 Å². The Kier molecular flexibility index (Phi) is 6.21. The summed E-state index contributed by atoms with van der Waals surface area (Å²) in [4.78, 5) is 0. The van der Waals surface area contributed by atoms with Gasteiger partial charge in [-0.2, -0.15) is 34.9 Å². The fraction of sp³-hybridized carbons (Fsp3) is 0.750. The van der Waals surface area contributed by atoms with Gasteiger partial charge in [0.2, 0.25) is 0 Å². The maximum atomic E-state index is 6.04. The van der Waals surface area contributed by atoms with Gasteiger partial charge in [0, 0.05) is 45.6 Å². The van der Waals surface area contributed by atoms with Crippen LogP contribution in [0.2, 0.25) is 0 Å². The quantitative estimate of drug-likeness (QED) is 0.531. The first kappa shape index (κ1) is 20.5. The molecule has 1 heterocycles. The third-order valence-electron chi connectivity index (χ3n) is 7.98. The van der Waals surface area contributed by atoms with Gasteiger partial charge in [-0.3, -0.25) is 0 Å². The monoisotopic (exact) mass is 442 g/mol. The van der Waals surface area contributed by atoms with E-state index in [0.29, 0.717) is 0 Å². The number of hydrogen-bond acceptors (Lipinski definition) is 2. The normalized spacial score (nSPS) is 37.3. The molecule has 27 heavy (non-hydrogen) atoms. The molecule has 0 bridgehead atoms. The second-order valence-electron chi connectivity index (χ2n) is 9.57. The van der Waals surface area contributed by atoms with Gasteiger partial charge in [0.15, 0.2) is 5.79 Å². The standard InChI is InChI=1S/C24H33O2.Y/c1-16-11-17(2)13-21(12-16)18-5-6-22-19(14-18)3-4-20-15-24(8-7-23(20)22)25-9-10-26-24;/h12-13,18-20,22-23H,3-10,14-15H2,1-2H3;/q-1;. The molecule has 1 aromatic carbocycles. The molecular formula is C24H33O2Y-. The zero-order valence-corrected chi connectivity index (χ0v) is 19.8. The average molecular weight is 442 g/mol. The topological polar surface area (TPSA) is 18.5 Å². The van der Waals surface area contributed by atoms with E-state index in [-0.39, 0.29) is 38.5 Å². The maximum absolute atomic E-state index is 6.04. The Morgan fingerprint density at radius 2 is 1.56 bits per heavy atom. The molecule has 3 aliphatic carbocycles. The molecule has 1 saturated heterocycles. The molecule has 1 aliphatic heterocycles. The van der Waals surface area contributed by atoms with Crippen LogP contribution in [0.15, 0.2) is 12.1 Å². The van der Waals surface area contributed by atoms with Crippen molar-refractivity contribution >= 4 is 0 Å². The van der Waals surface area contributed by atoms with Crippen LogP contribution >= 0.6 is 0 Å². The minimum atomic E-state index is -0.194. The third kappa shape index (κ3) is 3.98. The number of aryl methyl sites for hydroxylation is 2. The molecule has 1 radical (unpaired) electrons. The van der Waals surface area contributed by atoms with Crippen molar-refractivity contribution in [2.24, 2.45) is 23.7 Å². The van der Waals surface area contributed by atoms with Crippen LogP contribution in [0.25, 0.3) is 0 Å². The summed E-state index contributed by atoms with van der Waals surface area (Å²) in [6, 6.07) is 8.23. The number of fused-ring (bicyclic) bond motifs is 3. The van der Waals surface area contributed by atoms with Crippen LogP contribution in [0.1, 0.15) is 74.0 Å². The Morgan fingerprint density at radius 3 is 2.30 bits per heavy atom. The third-order valence-corrected chi connectivity index (χ3v) is 7.98. The SMILES string of the molecule is Cc1[c-]c(C)cc(C2CCC3C(CCC4CC5(CCC43)OCCO5)C2)c1.[Y]. The molecule has 145 valence electrons. The van der Waals surface area contributed by atoms with Crippen molar-refractivity contribution in [3.8, 4) is 0 Å². The number of hydrogen-bond donors (Lipinski definition) is 0. The van der Waals surface area contributed by atoms with E-state index in [0.717, 1.165) is 55.6 Å². The molecule has 5 rings (SSSR count). The molecule has 5 unspecified atom stereocenters. The summed E-state index contributed by atoms with van der Waals surface area (Å²) in [5.41, 5.74) is 4.19. The average Bonchev–Trinajstić information content (AvgIpc) is 3.07. The Balaban J connectivity index is 0.00000180. The van der Waals surface area contributed by atoms with Crippen LogP contribution < -0.4 is 0 Å². The molecule has 2 nitrogen and oxygen atoms in total. The molecule has 3 saturated carbocycles. The van der Waals surface area contributed by atoms with Gasteiger partial charge in [0.05, 0.1) is 13.2 Å². The van der Waals surface area contributed by atoms with Gasteiger partial charge in [-0.05, 0) is 68.1 Å². The minimum Gasteiger partial charge on any atom is -0.348 e. The van der Waals surface area contributed by atoms with Gasteiger partial charge < -0.3 is 9.47 Å². The smallest absolute Gasteiger partial charge is 0.168 e. The number of rotatable bonds is 1. The van der Waals surface area contributed by atoms with E-state index in [9.17, 15) is 0 Å². The summed E-state index contributed by atoms with van der Waals surface area (Å²) in [5, 5.41) is 0. The predicted octanol–water partition coefficient (Wildman–Crippen LogP) is 5.55. The summed E-state index contributed by atoms with van der Waals surface area (Å²) in [6.07, 6.45) is 10.7. The fourth-order valence-corrected chi connectivity index (χ4v) is 6.99. The van der Waals surface area contributed by atoms with E-state index in [1.54, 1.807) is 5.56 Å². The molecule has 0 N–H and O–H groups in total. The van der Waals surface area contributed by atoms with Gasteiger partial charge in [0.1, 0.15) is 0 Å². The summed E-state index contributed by atoms with van der Waals surface area (Å²) < 4.78 is 12.1. The molecule has 4 aliphatic rings. The molecule has 5 atom stereocenters. The molecule has 0 amide bonds. The van der Waals surface area contributed by atoms with Gasteiger partial charge in [-0.1, -0.05) is 13.8 Å². The number of ether oxygens (including phenoxy) is 2. The Hall–Kier alpha value is 0.244. The predicted molar refractivity (Wildman–Crippen MR) is 103 cm³/mol. The Morgan fingerprint density at radius 1 is 0.889 bits per heavy atom. The summed E-state index contributed by atoms with van der Waals surface area (Å²) >= 11 is 0. The van der Waals surface area contributed by atoms with Gasteiger partial charge >= 0.3 is 0 Å². The molecule has 4 fully saturated rings. The van der Waals surface area contributed by atoms with E-state index < -0.39 is 0 Å². The van der Waals surface area contributed by atoms with Gasteiger partial charge in [-0.25, -0.2) is 0 Å². The second kappa shape index (κ2) is 8.17. The maximum Gasteiger partial charge on any atom is 0.168 e. The first-order chi connectivity index (χ1) is 12.6. The fourth-order valence-electron chi connectivity index (χ4n) is 6.99. The number of benzene rings is 1. The van der Waals surface area contributed by atoms with Crippen molar-refractivity contribution in [2.75, 3.05) is 13.2 Å². The van der Waals surface area contributed by atoms with Gasteiger partial charge in [-0.15, -0.1) is 0 Å². The van der Waals surface area contributed by atoms with E-state index >= 15 is 0 Å². The van der Waals surface area contributed by atoms with Crippen LogP contribution in [0.4, 0.5) is 0 Å². The molecular weight excluding hydrogens is 409 g/mol. The molecule has 1 spiro atoms. The van der Waals surface area contributed by atoms with E-state index in [1.807, 2.05) is 0 Å². The van der Waals surface area contributed by atoms with Crippen molar-refractivity contribution in [1.29, 1.82) is 0 Å². The molecule has 1 aromatic rings. The molecule has 0 aromatic heterocycles. The molecule has 3 heteroatoms. The zero-order chi connectivity index (χ0) is 17.7. The van der Waals surface area contributed by atoms with E-state index in [4.69, 9.17) is 9.47 Å². The second-order valence-corrected chi connectivity index (χ2v) is 9.57. The summed E-state index contributed by atoms with van der Waals surface area (Å²) in [5.74, 6) is 4.26.